The minimum absolute atomic E-state index is 0.0332. The third kappa shape index (κ3) is 13.2. The normalized spacial score (nSPS) is 11.3. The van der Waals surface area contributed by atoms with Crippen LogP contribution in [0, 0.1) is 0 Å². The average Bonchev–Trinajstić information content (AvgIpc) is 2.67. The summed E-state index contributed by atoms with van der Waals surface area (Å²) in [6.45, 7) is 11.1. The Balaban J connectivity index is 4.47. The van der Waals surface area contributed by atoms with Gasteiger partial charge in [0.25, 0.3) is 0 Å². The van der Waals surface area contributed by atoms with Gasteiger partial charge in [-0.1, -0.05) is 13.2 Å². The van der Waals surface area contributed by atoms with Crippen molar-refractivity contribution in [2.75, 3.05) is 26.9 Å². The standard InChI is InChI=1S/C20H30O9/c1-13(2)19(23)27-11-16(12-28-20(24)14(3)4)29-18(22)9-7-8-17(21)26-10-15(5)25-6/h15-16H,1,3,7-12H2,2,4-6H3. The van der Waals surface area contributed by atoms with E-state index in [1.807, 2.05) is 0 Å². The Hall–Kier alpha value is -2.68. The van der Waals surface area contributed by atoms with Crippen molar-refractivity contribution in [3.8, 4) is 0 Å². The Morgan fingerprint density at radius 2 is 1.28 bits per heavy atom. The van der Waals surface area contributed by atoms with Crippen LogP contribution in [0.4, 0.5) is 0 Å². The highest BCUT2D eigenvalue weighted by Crippen LogP contribution is 2.06. The van der Waals surface area contributed by atoms with E-state index in [0.717, 1.165) is 0 Å². The van der Waals surface area contributed by atoms with Crippen LogP contribution in [0.1, 0.15) is 40.0 Å². The number of methoxy groups -OCH3 is 1. The fraction of sp³-hybridized carbons (Fsp3) is 0.600. The van der Waals surface area contributed by atoms with E-state index in [4.69, 9.17) is 23.7 Å². The molecule has 0 aromatic heterocycles. The summed E-state index contributed by atoms with van der Waals surface area (Å²) in [4.78, 5) is 46.6. The molecule has 29 heavy (non-hydrogen) atoms. The van der Waals surface area contributed by atoms with Crippen LogP contribution in [0.25, 0.3) is 0 Å². The van der Waals surface area contributed by atoms with E-state index in [-0.39, 0.29) is 56.3 Å². The predicted octanol–water partition coefficient (Wildman–Crippen LogP) is 1.89. The molecule has 0 aliphatic carbocycles. The van der Waals surface area contributed by atoms with Crippen molar-refractivity contribution in [2.45, 2.75) is 52.2 Å². The summed E-state index contributed by atoms with van der Waals surface area (Å²) in [5, 5.41) is 0. The number of carbonyl (C=O) groups is 4. The Kier molecular flexibility index (Phi) is 13.0. The van der Waals surface area contributed by atoms with Crippen LogP contribution in [-0.2, 0) is 42.9 Å². The number of hydrogen-bond donors (Lipinski definition) is 0. The number of rotatable bonds is 14. The minimum Gasteiger partial charge on any atom is -0.463 e. The van der Waals surface area contributed by atoms with Crippen LogP contribution in [0.15, 0.2) is 24.3 Å². The summed E-state index contributed by atoms with van der Waals surface area (Å²) in [6, 6.07) is 0. The second-order valence-electron chi connectivity index (χ2n) is 6.45. The lowest BCUT2D eigenvalue weighted by atomic mass is 10.2. The zero-order chi connectivity index (χ0) is 22.4. The molecule has 0 N–H and O–H groups in total. The highest BCUT2D eigenvalue weighted by atomic mass is 16.6. The van der Waals surface area contributed by atoms with Crippen molar-refractivity contribution in [1.29, 1.82) is 0 Å². The predicted molar refractivity (Wildman–Crippen MR) is 103 cm³/mol. The number of carbonyl (C=O) groups excluding carboxylic acids is 4. The first kappa shape index (κ1) is 26.3. The first-order chi connectivity index (χ1) is 13.6. The van der Waals surface area contributed by atoms with E-state index in [2.05, 4.69) is 13.2 Å². The molecule has 0 rings (SSSR count). The molecule has 0 heterocycles. The van der Waals surface area contributed by atoms with E-state index in [1.54, 1.807) is 6.92 Å². The molecule has 0 saturated heterocycles. The second-order valence-corrected chi connectivity index (χ2v) is 6.45. The van der Waals surface area contributed by atoms with Gasteiger partial charge in [-0.15, -0.1) is 0 Å². The maximum Gasteiger partial charge on any atom is 0.333 e. The van der Waals surface area contributed by atoms with Gasteiger partial charge in [0, 0.05) is 31.1 Å². The molecular formula is C20H30O9. The molecule has 0 aliphatic heterocycles. The molecule has 0 aromatic rings. The van der Waals surface area contributed by atoms with Gasteiger partial charge in [-0.05, 0) is 27.2 Å². The molecule has 1 unspecified atom stereocenters. The molecule has 0 bridgehead atoms. The van der Waals surface area contributed by atoms with Crippen LogP contribution in [0.5, 0.6) is 0 Å². The monoisotopic (exact) mass is 414 g/mol. The maximum absolute atomic E-state index is 12.0. The second kappa shape index (κ2) is 14.3. The molecule has 164 valence electrons. The van der Waals surface area contributed by atoms with E-state index in [1.165, 1.54) is 21.0 Å². The largest absolute Gasteiger partial charge is 0.463 e. The van der Waals surface area contributed by atoms with Gasteiger partial charge in [-0.2, -0.15) is 0 Å². The summed E-state index contributed by atoms with van der Waals surface area (Å²) in [7, 11) is 1.51. The van der Waals surface area contributed by atoms with Gasteiger partial charge < -0.3 is 23.7 Å². The first-order valence-corrected chi connectivity index (χ1v) is 9.09. The third-order valence-corrected chi connectivity index (χ3v) is 3.44. The first-order valence-electron chi connectivity index (χ1n) is 9.09. The Morgan fingerprint density at radius 3 is 1.72 bits per heavy atom. The van der Waals surface area contributed by atoms with E-state index < -0.39 is 30.0 Å². The third-order valence-electron chi connectivity index (χ3n) is 3.44. The molecule has 0 fully saturated rings. The zero-order valence-corrected chi connectivity index (χ0v) is 17.5. The van der Waals surface area contributed by atoms with E-state index in [9.17, 15) is 19.2 Å². The van der Waals surface area contributed by atoms with Gasteiger partial charge in [0.05, 0.1) is 6.10 Å². The van der Waals surface area contributed by atoms with Gasteiger partial charge in [0.2, 0.25) is 0 Å². The van der Waals surface area contributed by atoms with Crippen LogP contribution in [-0.4, -0.2) is 63.0 Å². The van der Waals surface area contributed by atoms with Crippen LogP contribution in [0.2, 0.25) is 0 Å². The number of ether oxygens (including phenoxy) is 5. The molecule has 1 atom stereocenters. The van der Waals surface area contributed by atoms with Gasteiger partial charge in [0.1, 0.15) is 19.8 Å². The average molecular weight is 414 g/mol. The van der Waals surface area contributed by atoms with Crippen molar-refractivity contribution < 1.29 is 42.9 Å². The van der Waals surface area contributed by atoms with E-state index >= 15 is 0 Å². The van der Waals surface area contributed by atoms with Crippen molar-refractivity contribution in [2.24, 2.45) is 0 Å². The molecule has 9 heteroatoms. The molecule has 0 saturated carbocycles. The smallest absolute Gasteiger partial charge is 0.333 e. The van der Waals surface area contributed by atoms with Gasteiger partial charge in [0.15, 0.2) is 6.10 Å². The highest BCUT2D eigenvalue weighted by Gasteiger charge is 2.20. The molecular weight excluding hydrogens is 384 g/mol. The maximum atomic E-state index is 12.0. The SMILES string of the molecule is C=C(C)C(=O)OCC(COC(=O)C(=C)C)OC(=O)CCCC(=O)OCC(C)OC. The quantitative estimate of drug-likeness (QED) is 0.239. The van der Waals surface area contributed by atoms with Crippen LogP contribution >= 0.6 is 0 Å². The van der Waals surface area contributed by atoms with Gasteiger partial charge >= 0.3 is 23.9 Å². The number of hydrogen-bond acceptors (Lipinski definition) is 9. The Labute approximate surface area is 171 Å². The van der Waals surface area contributed by atoms with Crippen molar-refractivity contribution >= 4 is 23.9 Å². The van der Waals surface area contributed by atoms with Crippen molar-refractivity contribution in [1.82, 2.24) is 0 Å². The van der Waals surface area contributed by atoms with Crippen LogP contribution < -0.4 is 0 Å². The summed E-state index contributed by atoms with van der Waals surface area (Å²) >= 11 is 0. The van der Waals surface area contributed by atoms with Crippen molar-refractivity contribution in [3.63, 3.8) is 0 Å². The fourth-order valence-corrected chi connectivity index (χ4v) is 1.67. The lowest BCUT2D eigenvalue weighted by Crippen LogP contribution is -2.31. The number of esters is 4. The zero-order valence-electron chi connectivity index (χ0n) is 17.5. The fourth-order valence-electron chi connectivity index (χ4n) is 1.67. The molecule has 0 radical (unpaired) electrons. The minimum atomic E-state index is -0.997. The lowest BCUT2D eigenvalue weighted by Gasteiger charge is -2.18. The van der Waals surface area contributed by atoms with Gasteiger partial charge in [-0.25, -0.2) is 9.59 Å². The summed E-state index contributed by atoms with van der Waals surface area (Å²) < 4.78 is 25.0. The van der Waals surface area contributed by atoms with Crippen LogP contribution in [0.3, 0.4) is 0 Å². The molecule has 0 aliphatic rings. The molecule has 0 spiro atoms. The lowest BCUT2D eigenvalue weighted by molar-refractivity contribution is -0.164. The Bertz CT molecular complexity index is 579. The summed E-state index contributed by atoms with van der Waals surface area (Å²) in [5.41, 5.74) is 0.352. The topological polar surface area (TPSA) is 114 Å². The summed E-state index contributed by atoms with van der Waals surface area (Å²) in [5.74, 6) is -2.41. The van der Waals surface area contributed by atoms with E-state index in [0.29, 0.717) is 0 Å². The molecule has 9 nitrogen and oxygen atoms in total. The summed E-state index contributed by atoms with van der Waals surface area (Å²) in [6.07, 6.45) is -1.03. The van der Waals surface area contributed by atoms with Crippen molar-refractivity contribution in [3.05, 3.63) is 24.3 Å². The Morgan fingerprint density at radius 1 is 0.793 bits per heavy atom. The molecule has 0 aromatic carbocycles. The highest BCUT2D eigenvalue weighted by molar-refractivity contribution is 5.87. The van der Waals surface area contributed by atoms with Gasteiger partial charge in [-0.3, -0.25) is 9.59 Å². The molecule has 0 amide bonds.